The summed E-state index contributed by atoms with van der Waals surface area (Å²) in [6.45, 7) is 2.14. The van der Waals surface area contributed by atoms with Gasteiger partial charge in [0.25, 0.3) is 0 Å². The third kappa shape index (κ3) is 2.71. The van der Waals surface area contributed by atoms with Crippen LogP contribution in [0.5, 0.6) is 0 Å². The van der Waals surface area contributed by atoms with Crippen LogP contribution in [-0.2, 0) is 10.2 Å². The Kier molecular flexibility index (Phi) is 4.02. The van der Waals surface area contributed by atoms with Crippen molar-refractivity contribution < 1.29 is 13.5 Å². The van der Waals surface area contributed by atoms with Crippen LogP contribution in [-0.4, -0.2) is 26.8 Å². The van der Waals surface area contributed by atoms with E-state index in [4.69, 9.17) is 4.74 Å². The first-order chi connectivity index (χ1) is 10.1. The van der Waals surface area contributed by atoms with E-state index in [1.807, 2.05) is 0 Å². The monoisotopic (exact) mass is 295 g/mol. The Bertz CT molecular complexity index is 506. The minimum Gasteiger partial charge on any atom is -0.383 e. The van der Waals surface area contributed by atoms with Crippen LogP contribution >= 0.6 is 0 Å². The van der Waals surface area contributed by atoms with Crippen LogP contribution in [0.25, 0.3) is 0 Å². The molecule has 2 nitrogen and oxygen atoms in total. The minimum absolute atomic E-state index is 0.175. The Morgan fingerprint density at radius 2 is 2.00 bits per heavy atom. The highest BCUT2D eigenvalue weighted by atomic mass is 19.1. The van der Waals surface area contributed by atoms with Gasteiger partial charge in [0.05, 0.1) is 6.61 Å². The molecule has 1 N–H and O–H groups in total. The van der Waals surface area contributed by atoms with Gasteiger partial charge in [-0.25, -0.2) is 8.78 Å². The van der Waals surface area contributed by atoms with E-state index in [1.165, 1.54) is 25.3 Å². The van der Waals surface area contributed by atoms with Crippen molar-refractivity contribution in [1.29, 1.82) is 0 Å². The molecule has 0 aromatic heterocycles. The van der Waals surface area contributed by atoms with Crippen molar-refractivity contribution in [3.05, 3.63) is 35.4 Å². The third-order valence-corrected chi connectivity index (χ3v) is 5.29. The summed E-state index contributed by atoms with van der Waals surface area (Å²) in [6.07, 6.45) is 5.84. The third-order valence-electron chi connectivity index (χ3n) is 5.29. The van der Waals surface area contributed by atoms with Crippen molar-refractivity contribution in [2.24, 2.45) is 5.41 Å². The van der Waals surface area contributed by atoms with Crippen LogP contribution < -0.4 is 5.32 Å². The van der Waals surface area contributed by atoms with Gasteiger partial charge in [-0.05, 0) is 42.7 Å². The zero-order valence-electron chi connectivity index (χ0n) is 12.6. The lowest BCUT2D eigenvalue weighted by Gasteiger charge is -2.61. The summed E-state index contributed by atoms with van der Waals surface area (Å²) in [4.78, 5) is 0. The second kappa shape index (κ2) is 5.65. The highest BCUT2D eigenvalue weighted by Gasteiger charge is 2.57. The molecule has 21 heavy (non-hydrogen) atoms. The number of ether oxygens (including phenoxy) is 1. The zero-order chi connectivity index (χ0) is 14.9. The molecule has 3 rings (SSSR count). The van der Waals surface area contributed by atoms with Crippen LogP contribution in [0.15, 0.2) is 18.2 Å². The van der Waals surface area contributed by atoms with E-state index in [1.54, 1.807) is 13.2 Å². The molecular formula is C17H23F2NO. The summed E-state index contributed by atoms with van der Waals surface area (Å²) in [5.74, 6) is -0.908. The lowest BCUT2D eigenvalue weighted by Crippen LogP contribution is -2.57. The van der Waals surface area contributed by atoms with Gasteiger partial charge in [-0.15, -0.1) is 0 Å². The fraction of sp³-hybridized carbons (Fsp3) is 0.647. The van der Waals surface area contributed by atoms with Gasteiger partial charge < -0.3 is 10.1 Å². The van der Waals surface area contributed by atoms with Gasteiger partial charge in [0.15, 0.2) is 0 Å². The number of halogens is 2. The topological polar surface area (TPSA) is 21.3 Å². The average molecular weight is 295 g/mol. The SMILES string of the molecule is COCCNCC1(c2ccc(F)cc2F)CC2(CCC2)C1. The molecule has 2 aliphatic carbocycles. The molecule has 0 atom stereocenters. The smallest absolute Gasteiger partial charge is 0.129 e. The molecule has 0 heterocycles. The van der Waals surface area contributed by atoms with Gasteiger partial charge in [-0.1, -0.05) is 12.5 Å². The van der Waals surface area contributed by atoms with Gasteiger partial charge in [0.1, 0.15) is 11.6 Å². The lowest BCUT2D eigenvalue weighted by molar-refractivity contribution is -0.0499. The summed E-state index contributed by atoms with van der Waals surface area (Å²) in [5.41, 5.74) is 0.932. The van der Waals surface area contributed by atoms with Crippen molar-refractivity contribution in [2.45, 2.75) is 37.5 Å². The van der Waals surface area contributed by atoms with Crippen LogP contribution in [0, 0.1) is 17.0 Å². The number of hydrogen-bond donors (Lipinski definition) is 1. The van der Waals surface area contributed by atoms with Crippen molar-refractivity contribution in [3.63, 3.8) is 0 Å². The quantitative estimate of drug-likeness (QED) is 0.812. The van der Waals surface area contributed by atoms with E-state index < -0.39 is 11.6 Å². The van der Waals surface area contributed by atoms with Crippen molar-refractivity contribution >= 4 is 0 Å². The Morgan fingerprint density at radius 3 is 2.57 bits per heavy atom. The van der Waals surface area contributed by atoms with Crippen molar-refractivity contribution in [1.82, 2.24) is 5.32 Å². The van der Waals surface area contributed by atoms with E-state index >= 15 is 0 Å². The summed E-state index contributed by atoms with van der Waals surface area (Å²) >= 11 is 0. The van der Waals surface area contributed by atoms with E-state index in [2.05, 4.69) is 5.32 Å². The molecule has 0 aliphatic heterocycles. The molecule has 2 saturated carbocycles. The Hall–Kier alpha value is -1.00. The summed E-state index contributed by atoms with van der Waals surface area (Å²) in [6, 6.07) is 4.02. The molecule has 1 aromatic rings. The second-order valence-corrected chi connectivity index (χ2v) is 6.78. The van der Waals surface area contributed by atoms with Gasteiger partial charge in [-0.3, -0.25) is 0 Å². The standard InChI is InChI=1S/C17H23F2NO/c1-21-8-7-20-12-17(10-16(11-17)5-2-6-16)14-4-3-13(18)9-15(14)19/h3-4,9,20H,2,5-8,10-12H2,1H3. The highest BCUT2D eigenvalue weighted by Crippen LogP contribution is 2.65. The maximum Gasteiger partial charge on any atom is 0.129 e. The molecule has 1 aromatic carbocycles. The Morgan fingerprint density at radius 1 is 1.24 bits per heavy atom. The van der Waals surface area contributed by atoms with Gasteiger partial charge in [0, 0.05) is 31.7 Å². The molecule has 1 spiro atoms. The highest BCUT2D eigenvalue weighted by molar-refractivity contribution is 5.34. The molecule has 0 saturated heterocycles. The lowest BCUT2D eigenvalue weighted by atomic mass is 9.43. The van der Waals surface area contributed by atoms with E-state index in [9.17, 15) is 8.78 Å². The van der Waals surface area contributed by atoms with Crippen LogP contribution in [0.3, 0.4) is 0 Å². The normalized spacial score (nSPS) is 21.9. The summed E-state index contributed by atoms with van der Waals surface area (Å²) < 4.78 is 32.4. The average Bonchev–Trinajstić information content (AvgIpc) is 2.36. The minimum atomic E-state index is -0.503. The molecule has 4 heteroatoms. The maximum absolute atomic E-state index is 14.2. The second-order valence-electron chi connectivity index (χ2n) is 6.78. The number of rotatable bonds is 6. The molecular weight excluding hydrogens is 272 g/mol. The Labute approximate surface area is 124 Å². The first-order valence-electron chi connectivity index (χ1n) is 7.74. The van der Waals surface area contributed by atoms with E-state index in [0.29, 0.717) is 17.6 Å². The molecule has 0 bridgehead atoms. The maximum atomic E-state index is 14.2. The molecule has 0 radical (unpaired) electrons. The van der Waals surface area contributed by atoms with Crippen LogP contribution in [0.4, 0.5) is 8.78 Å². The fourth-order valence-corrected chi connectivity index (χ4v) is 4.25. The van der Waals surface area contributed by atoms with Crippen LogP contribution in [0.2, 0.25) is 0 Å². The predicted octanol–water partition coefficient (Wildman–Crippen LogP) is 3.40. The van der Waals surface area contributed by atoms with Crippen LogP contribution in [0.1, 0.15) is 37.7 Å². The van der Waals surface area contributed by atoms with Gasteiger partial charge >= 0.3 is 0 Å². The van der Waals surface area contributed by atoms with E-state index in [0.717, 1.165) is 32.0 Å². The molecule has 116 valence electrons. The number of methoxy groups -OCH3 is 1. The van der Waals surface area contributed by atoms with E-state index in [-0.39, 0.29) is 5.41 Å². The summed E-state index contributed by atoms with van der Waals surface area (Å²) in [7, 11) is 1.67. The first kappa shape index (κ1) is 14.9. The van der Waals surface area contributed by atoms with Crippen molar-refractivity contribution in [3.8, 4) is 0 Å². The van der Waals surface area contributed by atoms with Crippen molar-refractivity contribution in [2.75, 3.05) is 26.8 Å². The largest absolute Gasteiger partial charge is 0.383 e. The molecule has 2 aliphatic rings. The summed E-state index contributed by atoms with van der Waals surface area (Å²) in [5, 5.41) is 3.37. The first-order valence-corrected chi connectivity index (χ1v) is 7.74. The molecule has 2 fully saturated rings. The predicted molar refractivity (Wildman–Crippen MR) is 78.3 cm³/mol. The fourth-order valence-electron chi connectivity index (χ4n) is 4.25. The number of benzene rings is 1. The van der Waals surface area contributed by atoms with Gasteiger partial charge in [0.2, 0.25) is 0 Å². The number of nitrogens with one attached hydrogen (secondary N) is 1. The zero-order valence-corrected chi connectivity index (χ0v) is 12.6. The number of hydrogen-bond acceptors (Lipinski definition) is 2. The molecule has 0 unspecified atom stereocenters. The molecule has 0 amide bonds. The van der Waals surface area contributed by atoms with Gasteiger partial charge in [-0.2, -0.15) is 0 Å². The Balaban J connectivity index is 1.76.